The lowest BCUT2D eigenvalue weighted by Crippen LogP contribution is -2.13. The van der Waals surface area contributed by atoms with Crippen molar-refractivity contribution in [2.24, 2.45) is 0 Å². The Morgan fingerprint density at radius 2 is 1.71 bits per heavy atom. The minimum atomic E-state index is -0.0556. The lowest BCUT2D eigenvalue weighted by molar-refractivity contribution is -0.113. The quantitative estimate of drug-likeness (QED) is 0.432. The van der Waals surface area contributed by atoms with E-state index in [1.165, 1.54) is 23.1 Å². The van der Waals surface area contributed by atoms with E-state index in [0.717, 1.165) is 26.7 Å². The van der Waals surface area contributed by atoms with Gasteiger partial charge in [-0.2, -0.15) is 0 Å². The summed E-state index contributed by atoms with van der Waals surface area (Å²) in [5, 5.41) is 7.43. The summed E-state index contributed by atoms with van der Waals surface area (Å²) in [5.74, 6) is 0.275. The van der Waals surface area contributed by atoms with Crippen molar-refractivity contribution in [1.82, 2.24) is 9.97 Å². The van der Waals surface area contributed by atoms with Gasteiger partial charge in [-0.25, -0.2) is 9.97 Å². The normalized spacial score (nSPS) is 11.0. The van der Waals surface area contributed by atoms with Crippen LogP contribution in [0.4, 0.5) is 5.13 Å². The molecule has 24 heavy (non-hydrogen) atoms. The first-order chi connectivity index (χ1) is 11.8. The lowest BCUT2D eigenvalue weighted by Gasteiger charge is -2.10. The number of nitrogens with zero attached hydrogens (tertiary/aromatic N) is 2. The fourth-order valence-corrected chi connectivity index (χ4v) is 4.08. The SMILES string of the molecule is O=C(CSc1c2ccccc2nc2ccccc12)Nc1nccs1. The number of thiazole rings is 1. The van der Waals surface area contributed by atoms with Crippen LogP contribution in [0.2, 0.25) is 0 Å². The van der Waals surface area contributed by atoms with Gasteiger partial charge in [0.2, 0.25) is 5.91 Å². The zero-order chi connectivity index (χ0) is 16.4. The van der Waals surface area contributed by atoms with Crippen LogP contribution in [0.5, 0.6) is 0 Å². The number of fused-ring (bicyclic) bond motifs is 2. The fraction of sp³-hybridized carbons (Fsp3) is 0.0556. The van der Waals surface area contributed by atoms with Gasteiger partial charge in [0.05, 0.1) is 16.8 Å². The number of para-hydroxylation sites is 2. The van der Waals surface area contributed by atoms with Crippen LogP contribution in [-0.4, -0.2) is 21.6 Å². The molecule has 2 aromatic heterocycles. The first-order valence-electron chi connectivity index (χ1n) is 7.41. The number of anilines is 1. The number of hydrogen-bond acceptors (Lipinski definition) is 5. The number of aromatic nitrogens is 2. The summed E-state index contributed by atoms with van der Waals surface area (Å²) in [4.78, 5) is 22.0. The summed E-state index contributed by atoms with van der Waals surface area (Å²) in [7, 11) is 0. The van der Waals surface area contributed by atoms with E-state index in [1.807, 2.05) is 41.8 Å². The number of pyridine rings is 1. The van der Waals surface area contributed by atoms with Crippen molar-refractivity contribution in [2.75, 3.05) is 11.1 Å². The second kappa shape index (κ2) is 6.59. The van der Waals surface area contributed by atoms with Crippen molar-refractivity contribution < 1.29 is 4.79 Å². The van der Waals surface area contributed by atoms with Crippen molar-refractivity contribution in [1.29, 1.82) is 0 Å². The third kappa shape index (κ3) is 2.98. The van der Waals surface area contributed by atoms with E-state index < -0.39 is 0 Å². The van der Waals surface area contributed by atoms with Crippen molar-refractivity contribution in [2.45, 2.75) is 4.90 Å². The van der Waals surface area contributed by atoms with Gasteiger partial charge in [0, 0.05) is 27.2 Å². The highest BCUT2D eigenvalue weighted by Crippen LogP contribution is 2.34. The molecule has 1 amide bonds. The Balaban J connectivity index is 1.67. The van der Waals surface area contributed by atoms with Crippen LogP contribution in [0.1, 0.15) is 0 Å². The molecule has 6 heteroatoms. The molecule has 4 aromatic rings. The highest BCUT2D eigenvalue weighted by atomic mass is 32.2. The van der Waals surface area contributed by atoms with E-state index in [2.05, 4.69) is 22.4 Å². The van der Waals surface area contributed by atoms with Crippen LogP contribution < -0.4 is 5.32 Å². The molecule has 0 atom stereocenters. The molecule has 0 fully saturated rings. The minimum absolute atomic E-state index is 0.0556. The minimum Gasteiger partial charge on any atom is -0.301 e. The first-order valence-corrected chi connectivity index (χ1v) is 9.27. The zero-order valence-electron chi connectivity index (χ0n) is 12.6. The Labute approximate surface area is 146 Å². The molecule has 0 bridgehead atoms. The molecule has 0 spiro atoms. The summed E-state index contributed by atoms with van der Waals surface area (Å²) in [6.45, 7) is 0. The lowest BCUT2D eigenvalue weighted by atomic mass is 10.1. The highest BCUT2D eigenvalue weighted by Gasteiger charge is 2.12. The second-order valence-electron chi connectivity index (χ2n) is 5.15. The number of rotatable bonds is 4. The molecule has 0 radical (unpaired) electrons. The molecule has 0 aliphatic rings. The number of hydrogen-bond donors (Lipinski definition) is 1. The van der Waals surface area contributed by atoms with Crippen LogP contribution in [0.15, 0.2) is 65.0 Å². The van der Waals surface area contributed by atoms with E-state index in [-0.39, 0.29) is 5.91 Å². The van der Waals surface area contributed by atoms with Gasteiger partial charge in [-0.1, -0.05) is 36.4 Å². The number of carbonyl (C=O) groups is 1. The summed E-state index contributed by atoms with van der Waals surface area (Å²) in [6.07, 6.45) is 1.68. The van der Waals surface area contributed by atoms with Crippen LogP contribution in [0.25, 0.3) is 21.8 Å². The molecule has 0 aliphatic heterocycles. The number of benzene rings is 2. The summed E-state index contributed by atoms with van der Waals surface area (Å²) >= 11 is 2.95. The fourth-order valence-electron chi connectivity index (χ4n) is 2.53. The van der Waals surface area contributed by atoms with E-state index >= 15 is 0 Å². The van der Waals surface area contributed by atoms with Gasteiger partial charge in [-0.15, -0.1) is 23.1 Å². The number of nitrogens with one attached hydrogen (secondary N) is 1. The molecule has 2 heterocycles. The molecule has 4 nitrogen and oxygen atoms in total. The van der Waals surface area contributed by atoms with E-state index in [0.29, 0.717) is 10.9 Å². The van der Waals surface area contributed by atoms with Gasteiger partial charge >= 0.3 is 0 Å². The van der Waals surface area contributed by atoms with Gasteiger partial charge in [0.25, 0.3) is 0 Å². The first kappa shape index (κ1) is 15.1. The number of thioether (sulfide) groups is 1. The molecule has 0 saturated carbocycles. The molecule has 4 rings (SSSR count). The van der Waals surface area contributed by atoms with Gasteiger partial charge in [-0.3, -0.25) is 4.79 Å². The van der Waals surface area contributed by atoms with Crippen molar-refractivity contribution >= 4 is 55.9 Å². The van der Waals surface area contributed by atoms with Crippen LogP contribution in [0.3, 0.4) is 0 Å². The Bertz CT molecular complexity index is 961. The van der Waals surface area contributed by atoms with E-state index in [1.54, 1.807) is 6.20 Å². The van der Waals surface area contributed by atoms with Crippen molar-refractivity contribution in [3.63, 3.8) is 0 Å². The Hall–Kier alpha value is -2.44. The third-order valence-corrected chi connectivity index (χ3v) is 5.39. The molecule has 0 saturated heterocycles. The maximum atomic E-state index is 12.2. The average Bonchev–Trinajstić information content (AvgIpc) is 3.11. The van der Waals surface area contributed by atoms with E-state index in [4.69, 9.17) is 4.98 Å². The Morgan fingerprint density at radius 1 is 1.04 bits per heavy atom. The van der Waals surface area contributed by atoms with Crippen molar-refractivity contribution in [3.8, 4) is 0 Å². The summed E-state index contributed by atoms with van der Waals surface area (Å²) in [5.41, 5.74) is 1.89. The molecular formula is C18H13N3OS2. The summed E-state index contributed by atoms with van der Waals surface area (Å²) in [6, 6.07) is 16.1. The topological polar surface area (TPSA) is 54.9 Å². The molecular weight excluding hydrogens is 338 g/mol. The monoisotopic (exact) mass is 351 g/mol. The van der Waals surface area contributed by atoms with Gasteiger partial charge < -0.3 is 5.32 Å². The largest absolute Gasteiger partial charge is 0.301 e. The predicted molar refractivity (Wildman–Crippen MR) is 101 cm³/mol. The maximum absolute atomic E-state index is 12.2. The molecule has 2 aromatic carbocycles. The highest BCUT2D eigenvalue weighted by molar-refractivity contribution is 8.00. The zero-order valence-corrected chi connectivity index (χ0v) is 14.2. The molecule has 0 unspecified atom stereocenters. The van der Waals surface area contributed by atoms with E-state index in [9.17, 15) is 4.79 Å². The molecule has 1 N–H and O–H groups in total. The molecule has 118 valence electrons. The van der Waals surface area contributed by atoms with Crippen molar-refractivity contribution in [3.05, 3.63) is 60.1 Å². The number of carbonyl (C=O) groups excluding carboxylic acids is 1. The molecule has 0 aliphatic carbocycles. The predicted octanol–water partition coefficient (Wildman–Crippen LogP) is 4.58. The maximum Gasteiger partial charge on any atom is 0.236 e. The smallest absolute Gasteiger partial charge is 0.236 e. The number of amides is 1. The van der Waals surface area contributed by atoms with Gasteiger partial charge in [0.1, 0.15) is 0 Å². The Kier molecular flexibility index (Phi) is 4.15. The third-order valence-electron chi connectivity index (χ3n) is 3.56. The average molecular weight is 351 g/mol. The van der Waals surface area contributed by atoms with Crippen LogP contribution in [-0.2, 0) is 4.79 Å². The second-order valence-corrected chi connectivity index (χ2v) is 7.03. The van der Waals surface area contributed by atoms with Gasteiger partial charge in [0.15, 0.2) is 5.13 Å². The summed E-state index contributed by atoms with van der Waals surface area (Å²) < 4.78 is 0. The van der Waals surface area contributed by atoms with Gasteiger partial charge in [-0.05, 0) is 12.1 Å². The van der Waals surface area contributed by atoms with Crippen LogP contribution >= 0.6 is 23.1 Å². The Morgan fingerprint density at radius 3 is 2.33 bits per heavy atom. The van der Waals surface area contributed by atoms with Crippen LogP contribution in [0, 0.1) is 0 Å². The standard InChI is InChI=1S/C18H13N3OS2/c22-16(21-18-19-9-10-23-18)11-24-17-12-5-1-3-7-14(12)20-15-8-4-2-6-13(15)17/h1-10H,11H2,(H,19,21,22).